The van der Waals surface area contributed by atoms with E-state index in [0.29, 0.717) is 6.54 Å². The Labute approximate surface area is 121 Å². The van der Waals surface area contributed by atoms with Crippen LogP contribution in [0.15, 0.2) is 29.2 Å². The predicted octanol–water partition coefficient (Wildman–Crippen LogP) is 2.36. The van der Waals surface area contributed by atoms with E-state index in [4.69, 9.17) is 16.6 Å². The van der Waals surface area contributed by atoms with Crippen molar-refractivity contribution < 1.29 is 5.11 Å². The third kappa shape index (κ3) is 6.25. The van der Waals surface area contributed by atoms with Crippen LogP contribution < -0.4 is 11.5 Å². The minimum absolute atomic E-state index is 0.0657. The fraction of sp³-hybridized carbons (Fsp3) is 0.467. The number of allylic oxidation sites excluding steroid dienone is 1. The molecule has 1 fully saturated rings. The highest BCUT2D eigenvalue weighted by atomic mass is 32.1. The summed E-state index contributed by atoms with van der Waals surface area (Å²) in [5.74, 6) is 0.807. The predicted molar refractivity (Wildman–Crippen MR) is 84.2 cm³/mol. The third-order valence-corrected chi connectivity index (χ3v) is 3.14. The molecule has 4 heteroatoms. The van der Waals surface area contributed by atoms with Gasteiger partial charge in [0.15, 0.2) is 0 Å². The number of thiol groups is 1. The van der Waals surface area contributed by atoms with E-state index in [2.05, 4.69) is 36.9 Å². The highest BCUT2D eigenvalue weighted by Gasteiger charge is 2.17. The molecule has 1 aliphatic carbocycles. The molecule has 2 rings (SSSR count). The number of benzene rings is 1. The average molecular weight is 280 g/mol. The summed E-state index contributed by atoms with van der Waals surface area (Å²) in [4.78, 5) is 0.978. The Morgan fingerprint density at radius 2 is 2.11 bits per heavy atom. The molecular formula is C15H24N2OS. The second-order valence-electron chi connectivity index (χ2n) is 4.81. The van der Waals surface area contributed by atoms with Gasteiger partial charge in [-0.15, -0.1) is 12.6 Å². The van der Waals surface area contributed by atoms with Crippen LogP contribution in [0, 0.1) is 5.92 Å². The number of hydrogen-bond donors (Lipinski definition) is 4. The van der Waals surface area contributed by atoms with Gasteiger partial charge in [0.05, 0.1) is 6.61 Å². The second kappa shape index (κ2) is 8.38. The lowest BCUT2D eigenvalue weighted by Crippen LogP contribution is -2.06. The maximum atomic E-state index is 7.75. The van der Waals surface area contributed by atoms with Crippen molar-refractivity contribution >= 4 is 18.7 Å². The van der Waals surface area contributed by atoms with Gasteiger partial charge in [0.25, 0.3) is 0 Å². The summed E-state index contributed by atoms with van der Waals surface area (Å²) < 4.78 is 0. The zero-order valence-corrected chi connectivity index (χ0v) is 12.3. The van der Waals surface area contributed by atoms with E-state index in [1.165, 1.54) is 24.0 Å². The third-order valence-electron chi connectivity index (χ3n) is 2.86. The fourth-order valence-electron chi connectivity index (χ4n) is 1.64. The van der Waals surface area contributed by atoms with Crippen LogP contribution in [-0.4, -0.2) is 18.3 Å². The summed E-state index contributed by atoms with van der Waals surface area (Å²) in [6, 6.07) is 6.23. The highest BCUT2D eigenvalue weighted by molar-refractivity contribution is 7.80. The minimum atomic E-state index is 0.0657. The quantitative estimate of drug-likeness (QED) is 0.640. The van der Waals surface area contributed by atoms with Crippen LogP contribution in [-0.2, 0) is 0 Å². The molecule has 1 saturated carbocycles. The Balaban J connectivity index is 0.000000399. The topological polar surface area (TPSA) is 72.3 Å². The number of aliphatic hydroxyl groups excluding tert-OH is 1. The van der Waals surface area contributed by atoms with Gasteiger partial charge in [-0.2, -0.15) is 0 Å². The van der Waals surface area contributed by atoms with E-state index in [0.717, 1.165) is 10.8 Å². The summed E-state index contributed by atoms with van der Waals surface area (Å²) in [6.45, 7) is 2.48. The molecule has 0 bridgehead atoms. The Morgan fingerprint density at radius 1 is 1.47 bits per heavy atom. The van der Waals surface area contributed by atoms with Gasteiger partial charge < -0.3 is 16.6 Å². The Kier molecular flexibility index (Phi) is 7.16. The van der Waals surface area contributed by atoms with E-state index in [-0.39, 0.29) is 12.6 Å². The fourth-order valence-corrected chi connectivity index (χ4v) is 1.85. The van der Waals surface area contributed by atoms with Crippen molar-refractivity contribution in [1.29, 1.82) is 0 Å². The van der Waals surface area contributed by atoms with E-state index in [1.807, 2.05) is 13.0 Å². The standard InChI is InChI=1S/C13H17NS.C2H7NO/c1-9(14)13-8-12(15)7-6-11(13)5-4-10-2-3-10;3-1-2-4/h4-10,15H,2-3,14H2,1H3;4H,1-3H2/b5-4+;/t9-;/m1./s1. The molecule has 1 atom stereocenters. The van der Waals surface area contributed by atoms with Crippen molar-refractivity contribution in [2.45, 2.75) is 30.7 Å². The highest BCUT2D eigenvalue weighted by Crippen LogP contribution is 2.31. The van der Waals surface area contributed by atoms with Gasteiger partial charge in [0.2, 0.25) is 0 Å². The van der Waals surface area contributed by atoms with E-state index < -0.39 is 0 Å². The molecule has 0 radical (unpaired) electrons. The SMILES string of the molecule is C[C@@H](N)c1cc(S)ccc1/C=C/C1CC1.NCCO. The van der Waals surface area contributed by atoms with Gasteiger partial charge >= 0.3 is 0 Å². The summed E-state index contributed by atoms with van der Waals surface area (Å²) in [5, 5.41) is 7.75. The van der Waals surface area contributed by atoms with Crippen LogP contribution in [0.5, 0.6) is 0 Å². The first kappa shape index (κ1) is 16.2. The molecule has 0 aromatic heterocycles. The number of rotatable bonds is 4. The zero-order valence-electron chi connectivity index (χ0n) is 11.4. The first-order valence-corrected chi connectivity index (χ1v) is 7.10. The van der Waals surface area contributed by atoms with Gasteiger partial charge in [0, 0.05) is 17.5 Å². The van der Waals surface area contributed by atoms with Crippen LogP contribution in [0.3, 0.4) is 0 Å². The average Bonchev–Trinajstić information content (AvgIpc) is 3.21. The van der Waals surface area contributed by atoms with Crippen LogP contribution >= 0.6 is 12.6 Å². The largest absolute Gasteiger partial charge is 0.395 e. The van der Waals surface area contributed by atoms with Gasteiger partial charge in [-0.05, 0) is 48.9 Å². The molecule has 0 aliphatic heterocycles. The van der Waals surface area contributed by atoms with Crippen molar-refractivity contribution in [1.82, 2.24) is 0 Å². The minimum Gasteiger partial charge on any atom is -0.395 e. The van der Waals surface area contributed by atoms with Crippen molar-refractivity contribution in [3.63, 3.8) is 0 Å². The number of aliphatic hydroxyl groups is 1. The Morgan fingerprint density at radius 3 is 2.58 bits per heavy atom. The molecule has 0 heterocycles. The van der Waals surface area contributed by atoms with Crippen LogP contribution in [0.25, 0.3) is 6.08 Å². The first-order valence-electron chi connectivity index (χ1n) is 6.66. The first-order chi connectivity index (χ1) is 9.08. The maximum Gasteiger partial charge on any atom is 0.0553 e. The smallest absolute Gasteiger partial charge is 0.0553 e. The molecule has 1 aromatic rings. The molecule has 5 N–H and O–H groups in total. The normalized spacial score (nSPS) is 16.1. The second-order valence-corrected chi connectivity index (χ2v) is 5.33. The molecule has 1 aliphatic rings. The van der Waals surface area contributed by atoms with Crippen LogP contribution in [0.2, 0.25) is 0 Å². The molecule has 0 spiro atoms. The molecular weight excluding hydrogens is 256 g/mol. The van der Waals surface area contributed by atoms with Crippen molar-refractivity contribution in [2.24, 2.45) is 17.4 Å². The Hall–Kier alpha value is -0.810. The van der Waals surface area contributed by atoms with Gasteiger partial charge in [-0.3, -0.25) is 0 Å². The number of nitrogens with two attached hydrogens (primary N) is 2. The van der Waals surface area contributed by atoms with E-state index in [9.17, 15) is 0 Å². The summed E-state index contributed by atoms with van der Waals surface area (Å²) in [6.07, 6.45) is 7.17. The molecule has 19 heavy (non-hydrogen) atoms. The lowest BCUT2D eigenvalue weighted by molar-refractivity contribution is 0.306. The van der Waals surface area contributed by atoms with Gasteiger partial charge in [-0.1, -0.05) is 18.2 Å². The molecule has 0 amide bonds. The van der Waals surface area contributed by atoms with Crippen molar-refractivity contribution in [2.75, 3.05) is 13.2 Å². The zero-order chi connectivity index (χ0) is 14.3. The van der Waals surface area contributed by atoms with Gasteiger partial charge in [0.1, 0.15) is 0 Å². The molecule has 1 aromatic carbocycles. The molecule has 3 nitrogen and oxygen atoms in total. The lowest BCUT2D eigenvalue weighted by atomic mass is 10.0. The lowest BCUT2D eigenvalue weighted by Gasteiger charge is -2.10. The summed E-state index contributed by atoms with van der Waals surface area (Å²) >= 11 is 4.34. The molecule has 0 unspecified atom stereocenters. The van der Waals surface area contributed by atoms with Crippen molar-refractivity contribution in [3.05, 3.63) is 35.4 Å². The van der Waals surface area contributed by atoms with Crippen molar-refractivity contribution in [3.8, 4) is 0 Å². The summed E-state index contributed by atoms with van der Waals surface area (Å²) in [5.41, 5.74) is 13.1. The summed E-state index contributed by atoms with van der Waals surface area (Å²) in [7, 11) is 0. The molecule has 106 valence electrons. The monoisotopic (exact) mass is 280 g/mol. The molecule has 0 saturated heterocycles. The number of hydrogen-bond acceptors (Lipinski definition) is 4. The maximum absolute atomic E-state index is 7.75. The van der Waals surface area contributed by atoms with Crippen LogP contribution in [0.1, 0.15) is 36.9 Å². The van der Waals surface area contributed by atoms with E-state index >= 15 is 0 Å². The Bertz CT molecular complexity index is 413. The van der Waals surface area contributed by atoms with Crippen LogP contribution in [0.4, 0.5) is 0 Å². The van der Waals surface area contributed by atoms with E-state index in [1.54, 1.807) is 0 Å². The van der Waals surface area contributed by atoms with Gasteiger partial charge in [-0.25, -0.2) is 0 Å².